The smallest absolute Gasteiger partial charge is 0.251 e. The van der Waals surface area contributed by atoms with Gasteiger partial charge in [-0.25, -0.2) is 4.52 Å². The lowest BCUT2D eigenvalue weighted by molar-refractivity contribution is -0.124. The Morgan fingerprint density at radius 1 is 1.06 bits per heavy atom. The molecule has 9 heteroatoms. The number of fused-ring (bicyclic) bond motifs is 1. The van der Waals surface area contributed by atoms with Crippen molar-refractivity contribution in [2.75, 3.05) is 25.0 Å². The minimum absolute atomic E-state index is 0.0352. The molecule has 3 heterocycles. The van der Waals surface area contributed by atoms with E-state index in [0.29, 0.717) is 30.6 Å². The van der Waals surface area contributed by atoms with E-state index >= 15 is 0 Å². The van der Waals surface area contributed by atoms with Gasteiger partial charge in [0.05, 0.1) is 6.54 Å². The summed E-state index contributed by atoms with van der Waals surface area (Å²) in [5.74, 6) is 0.528. The van der Waals surface area contributed by atoms with Gasteiger partial charge in [0.15, 0.2) is 5.65 Å². The third-order valence-corrected chi connectivity index (χ3v) is 6.47. The van der Waals surface area contributed by atoms with Crippen LogP contribution in [0.3, 0.4) is 0 Å². The summed E-state index contributed by atoms with van der Waals surface area (Å²) in [6.45, 7) is 2.74. The maximum atomic E-state index is 12.2. The minimum atomic E-state index is -0.0352. The molecule has 36 heavy (non-hydrogen) atoms. The van der Waals surface area contributed by atoms with E-state index in [1.807, 2.05) is 30.5 Å². The summed E-state index contributed by atoms with van der Waals surface area (Å²) in [6, 6.07) is 20.0. The highest BCUT2D eigenvalue weighted by Gasteiger charge is 2.23. The van der Waals surface area contributed by atoms with E-state index in [1.165, 1.54) is 5.56 Å². The summed E-state index contributed by atoms with van der Waals surface area (Å²) in [5, 5.41) is 13.7. The second-order valence-electron chi connectivity index (χ2n) is 9.33. The third-order valence-electron chi connectivity index (χ3n) is 6.47. The van der Waals surface area contributed by atoms with Crippen LogP contribution in [-0.4, -0.2) is 57.0 Å². The summed E-state index contributed by atoms with van der Waals surface area (Å²) < 4.78 is 1.76. The predicted octanol–water partition coefficient (Wildman–Crippen LogP) is 2.96. The van der Waals surface area contributed by atoms with Gasteiger partial charge in [-0.05, 0) is 60.4 Å². The Morgan fingerprint density at radius 3 is 2.61 bits per heavy atom. The number of anilines is 2. The molecule has 1 aliphatic heterocycles. The van der Waals surface area contributed by atoms with Crippen LogP contribution >= 0.6 is 0 Å². The quantitative estimate of drug-likeness (QED) is 0.375. The van der Waals surface area contributed by atoms with Crippen molar-refractivity contribution >= 4 is 29.1 Å². The molecule has 182 valence electrons. The topological polar surface area (TPSA) is 104 Å². The molecule has 0 atom stereocenters. The highest BCUT2D eigenvalue weighted by Crippen LogP contribution is 2.26. The van der Waals surface area contributed by atoms with E-state index in [2.05, 4.69) is 50.2 Å². The first kappa shape index (κ1) is 22.2. The molecule has 0 radical (unpaired) electrons. The molecule has 3 N–H and O–H groups in total. The van der Waals surface area contributed by atoms with Crippen molar-refractivity contribution in [3.05, 3.63) is 78.0 Å². The van der Waals surface area contributed by atoms with Gasteiger partial charge in [0.1, 0.15) is 0 Å². The van der Waals surface area contributed by atoms with Gasteiger partial charge in [-0.2, -0.15) is 4.98 Å². The molecule has 6 rings (SSSR count). The molecular weight excluding hydrogens is 454 g/mol. The van der Waals surface area contributed by atoms with Crippen molar-refractivity contribution in [3.63, 3.8) is 0 Å². The van der Waals surface area contributed by atoms with E-state index in [4.69, 9.17) is 4.98 Å². The molecule has 0 spiro atoms. The van der Waals surface area contributed by atoms with Crippen LogP contribution in [0.25, 0.3) is 16.8 Å². The van der Waals surface area contributed by atoms with Crippen LogP contribution in [0.15, 0.2) is 66.9 Å². The van der Waals surface area contributed by atoms with Gasteiger partial charge in [0.2, 0.25) is 11.9 Å². The van der Waals surface area contributed by atoms with E-state index < -0.39 is 0 Å². The number of benzene rings is 2. The lowest BCUT2D eigenvalue weighted by atomic mass is 10.0. The molecule has 2 fully saturated rings. The number of carbonyl (C=O) groups is 2. The SMILES string of the molecule is O=C1CN(Cc2ccc(-c3cccn4nc(Nc5ccc(C(=O)NC6CC6)cc5)nc34)cc2)CCN1. The fourth-order valence-electron chi connectivity index (χ4n) is 4.39. The summed E-state index contributed by atoms with van der Waals surface area (Å²) in [6.07, 6.45) is 4.00. The first-order valence-corrected chi connectivity index (χ1v) is 12.2. The number of nitrogens with zero attached hydrogens (tertiary/aromatic N) is 4. The van der Waals surface area contributed by atoms with Gasteiger partial charge < -0.3 is 16.0 Å². The van der Waals surface area contributed by atoms with Crippen molar-refractivity contribution in [1.29, 1.82) is 0 Å². The number of piperazine rings is 1. The molecule has 0 bridgehead atoms. The fraction of sp³-hybridized carbons (Fsp3) is 0.259. The Hall–Kier alpha value is -4.24. The highest BCUT2D eigenvalue weighted by molar-refractivity contribution is 5.95. The number of hydrogen-bond donors (Lipinski definition) is 3. The van der Waals surface area contributed by atoms with Crippen LogP contribution in [0.2, 0.25) is 0 Å². The molecule has 9 nitrogen and oxygen atoms in total. The summed E-state index contributed by atoms with van der Waals surface area (Å²) in [4.78, 5) is 30.7. The van der Waals surface area contributed by atoms with Crippen LogP contribution < -0.4 is 16.0 Å². The maximum Gasteiger partial charge on any atom is 0.251 e. The Balaban J connectivity index is 1.17. The molecule has 1 aliphatic carbocycles. The van der Waals surface area contributed by atoms with E-state index in [-0.39, 0.29) is 11.8 Å². The number of pyridine rings is 1. The Kier molecular flexibility index (Phi) is 5.82. The zero-order chi connectivity index (χ0) is 24.5. The number of aromatic nitrogens is 3. The Morgan fingerprint density at radius 2 is 1.86 bits per heavy atom. The largest absolute Gasteiger partial charge is 0.354 e. The third kappa shape index (κ3) is 4.92. The van der Waals surface area contributed by atoms with Crippen LogP contribution in [0, 0.1) is 0 Å². The molecule has 0 unspecified atom stereocenters. The molecule has 4 aromatic rings. The summed E-state index contributed by atoms with van der Waals surface area (Å²) >= 11 is 0. The van der Waals surface area contributed by atoms with Crippen molar-refractivity contribution in [1.82, 2.24) is 30.1 Å². The number of carbonyl (C=O) groups excluding carboxylic acids is 2. The number of rotatable bonds is 7. The van der Waals surface area contributed by atoms with E-state index in [0.717, 1.165) is 48.4 Å². The Labute approximate surface area is 208 Å². The Bertz CT molecular complexity index is 1410. The first-order chi connectivity index (χ1) is 17.6. The van der Waals surface area contributed by atoms with Crippen molar-refractivity contribution in [2.24, 2.45) is 0 Å². The summed E-state index contributed by atoms with van der Waals surface area (Å²) in [5.41, 5.74) is 5.40. The van der Waals surface area contributed by atoms with Gasteiger partial charge in [-0.15, -0.1) is 5.10 Å². The molecule has 2 amide bonds. The second-order valence-corrected chi connectivity index (χ2v) is 9.33. The van der Waals surface area contributed by atoms with Crippen molar-refractivity contribution in [2.45, 2.75) is 25.4 Å². The standard InChI is InChI=1S/C27H27N7O2/c35-24-17-33(15-13-28-24)16-18-3-5-19(6-4-18)23-2-1-14-34-25(23)31-27(32-34)30-22-9-7-20(8-10-22)26(36)29-21-11-12-21/h1-10,14,21H,11-13,15-17H2,(H,28,35)(H,29,36)(H,30,32). The van der Waals surface area contributed by atoms with Crippen molar-refractivity contribution < 1.29 is 9.59 Å². The van der Waals surface area contributed by atoms with Gasteiger partial charge >= 0.3 is 0 Å². The molecule has 2 aliphatic rings. The lowest BCUT2D eigenvalue weighted by Crippen LogP contribution is -2.47. The monoisotopic (exact) mass is 481 g/mol. The van der Waals surface area contributed by atoms with E-state index in [1.54, 1.807) is 16.6 Å². The second kappa shape index (κ2) is 9.43. The fourth-order valence-corrected chi connectivity index (χ4v) is 4.39. The van der Waals surface area contributed by atoms with Gasteiger partial charge in [-0.3, -0.25) is 14.5 Å². The normalized spacial score (nSPS) is 16.1. The number of nitrogens with one attached hydrogen (secondary N) is 3. The molecule has 1 saturated heterocycles. The lowest BCUT2D eigenvalue weighted by Gasteiger charge is -2.26. The molecule has 2 aromatic heterocycles. The van der Waals surface area contributed by atoms with Crippen LogP contribution in [0.5, 0.6) is 0 Å². The zero-order valence-electron chi connectivity index (χ0n) is 19.8. The molecule has 1 saturated carbocycles. The number of amides is 2. The van der Waals surface area contributed by atoms with Crippen LogP contribution in [-0.2, 0) is 11.3 Å². The summed E-state index contributed by atoms with van der Waals surface area (Å²) in [7, 11) is 0. The zero-order valence-corrected chi connectivity index (χ0v) is 19.8. The van der Waals surface area contributed by atoms with Crippen molar-refractivity contribution in [3.8, 4) is 11.1 Å². The predicted molar refractivity (Wildman–Crippen MR) is 137 cm³/mol. The van der Waals surface area contributed by atoms with Gasteiger partial charge in [0, 0.05) is 48.7 Å². The molecular formula is C27H27N7O2. The average Bonchev–Trinajstić information content (AvgIpc) is 3.60. The van der Waals surface area contributed by atoms with Gasteiger partial charge in [0.25, 0.3) is 5.91 Å². The van der Waals surface area contributed by atoms with Crippen LogP contribution in [0.4, 0.5) is 11.6 Å². The average molecular weight is 482 g/mol. The number of hydrogen-bond acceptors (Lipinski definition) is 6. The first-order valence-electron chi connectivity index (χ1n) is 12.2. The minimum Gasteiger partial charge on any atom is -0.354 e. The van der Waals surface area contributed by atoms with Gasteiger partial charge in [-0.1, -0.05) is 24.3 Å². The van der Waals surface area contributed by atoms with E-state index in [9.17, 15) is 9.59 Å². The molecule has 2 aromatic carbocycles. The van der Waals surface area contributed by atoms with Crippen LogP contribution in [0.1, 0.15) is 28.8 Å². The highest BCUT2D eigenvalue weighted by atomic mass is 16.2. The maximum absolute atomic E-state index is 12.2.